The maximum Gasteiger partial charge on any atom is 0.347 e. The van der Waals surface area contributed by atoms with Crippen LogP contribution in [0.3, 0.4) is 0 Å². The van der Waals surface area contributed by atoms with Crippen LogP contribution in [0.1, 0.15) is 19.3 Å². The normalized spacial score (nSPS) is 17.5. The minimum atomic E-state index is -0.537. The zero-order valence-electron chi connectivity index (χ0n) is 9.13. The fourth-order valence-electron chi connectivity index (χ4n) is 2.02. The molecule has 0 radical (unpaired) electrons. The van der Waals surface area contributed by atoms with E-state index < -0.39 is 10.6 Å². The standard InChI is InChI=1S/C10H12BrN3O3/c11-6-10(2-1-3-10)7-13-5-8(14(16)17)4-12-9(13)15/h4-5H,1-3,6-7H2. The Bertz CT molecular complexity index is 490. The van der Waals surface area contributed by atoms with Gasteiger partial charge < -0.3 is 0 Å². The van der Waals surface area contributed by atoms with Gasteiger partial charge in [0, 0.05) is 11.9 Å². The van der Waals surface area contributed by atoms with Gasteiger partial charge in [0.2, 0.25) is 0 Å². The van der Waals surface area contributed by atoms with Gasteiger partial charge >= 0.3 is 11.4 Å². The molecule has 1 saturated carbocycles. The molecule has 17 heavy (non-hydrogen) atoms. The lowest BCUT2D eigenvalue weighted by Crippen LogP contribution is -2.39. The molecule has 0 saturated heterocycles. The molecule has 0 aliphatic heterocycles. The zero-order chi connectivity index (χ0) is 12.5. The van der Waals surface area contributed by atoms with Gasteiger partial charge in [0.25, 0.3) is 0 Å². The number of nitrogens with zero attached hydrogens (tertiary/aromatic N) is 3. The predicted octanol–water partition coefficient (Wildman–Crippen LogP) is 1.72. The third-order valence-electron chi connectivity index (χ3n) is 3.26. The van der Waals surface area contributed by atoms with Gasteiger partial charge in [-0.05, 0) is 18.3 Å². The molecule has 0 N–H and O–H groups in total. The van der Waals surface area contributed by atoms with E-state index in [1.165, 1.54) is 10.8 Å². The second-order valence-electron chi connectivity index (χ2n) is 4.47. The summed E-state index contributed by atoms with van der Waals surface area (Å²) in [5.41, 5.74) is -0.516. The van der Waals surface area contributed by atoms with E-state index in [1.807, 2.05) is 0 Å². The highest BCUT2D eigenvalue weighted by atomic mass is 79.9. The highest BCUT2D eigenvalue weighted by molar-refractivity contribution is 9.09. The average molecular weight is 302 g/mol. The van der Waals surface area contributed by atoms with E-state index in [4.69, 9.17) is 0 Å². The first-order chi connectivity index (χ1) is 8.06. The van der Waals surface area contributed by atoms with Crippen LogP contribution in [-0.4, -0.2) is 19.8 Å². The fourth-order valence-corrected chi connectivity index (χ4v) is 2.76. The van der Waals surface area contributed by atoms with Crippen molar-refractivity contribution in [2.75, 3.05) is 5.33 Å². The molecule has 1 aliphatic carbocycles. The van der Waals surface area contributed by atoms with Gasteiger partial charge in [0.05, 0.1) is 11.1 Å². The van der Waals surface area contributed by atoms with Crippen LogP contribution < -0.4 is 5.69 Å². The predicted molar refractivity (Wildman–Crippen MR) is 65.2 cm³/mol. The maximum absolute atomic E-state index is 11.5. The van der Waals surface area contributed by atoms with Gasteiger partial charge in [-0.15, -0.1) is 0 Å². The van der Waals surface area contributed by atoms with Crippen LogP contribution in [0.15, 0.2) is 17.2 Å². The van der Waals surface area contributed by atoms with Gasteiger partial charge in [-0.3, -0.25) is 14.7 Å². The topological polar surface area (TPSA) is 78.0 Å². The number of nitro groups is 1. The Morgan fingerprint density at radius 3 is 2.76 bits per heavy atom. The average Bonchev–Trinajstić information content (AvgIpc) is 2.25. The molecule has 1 aromatic rings. The summed E-state index contributed by atoms with van der Waals surface area (Å²) in [5, 5.41) is 11.4. The molecule has 2 rings (SSSR count). The minimum absolute atomic E-state index is 0.0563. The molecule has 0 amide bonds. The number of rotatable bonds is 4. The largest absolute Gasteiger partial charge is 0.347 e. The van der Waals surface area contributed by atoms with Gasteiger partial charge in [0.15, 0.2) is 0 Å². The SMILES string of the molecule is O=c1ncc([N+](=O)[O-])cn1CC1(CBr)CCC1. The first-order valence-electron chi connectivity index (χ1n) is 5.33. The van der Waals surface area contributed by atoms with Crippen LogP contribution in [0.25, 0.3) is 0 Å². The Kier molecular flexibility index (Phi) is 3.28. The lowest BCUT2D eigenvalue weighted by molar-refractivity contribution is -0.385. The maximum atomic E-state index is 11.5. The van der Waals surface area contributed by atoms with Crippen molar-refractivity contribution in [2.24, 2.45) is 5.41 Å². The molecule has 0 atom stereocenters. The van der Waals surface area contributed by atoms with E-state index in [0.717, 1.165) is 30.8 Å². The van der Waals surface area contributed by atoms with Gasteiger partial charge in [0.1, 0.15) is 6.20 Å². The van der Waals surface area contributed by atoms with Gasteiger partial charge in [-0.2, -0.15) is 4.98 Å². The van der Waals surface area contributed by atoms with E-state index in [-0.39, 0.29) is 11.1 Å². The lowest BCUT2D eigenvalue weighted by Gasteiger charge is -2.40. The summed E-state index contributed by atoms with van der Waals surface area (Å²) < 4.78 is 1.35. The molecular weight excluding hydrogens is 290 g/mol. The zero-order valence-corrected chi connectivity index (χ0v) is 10.7. The van der Waals surface area contributed by atoms with Crippen molar-refractivity contribution in [3.05, 3.63) is 33.0 Å². The Morgan fingerprint density at radius 1 is 1.59 bits per heavy atom. The summed E-state index contributed by atoms with van der Waals surface area (Å²) in [4.78, 5) is 25.2. The molecule has 1 fully saturated rings. The highest BCUT2D eigenvalue weighted by Crippen LogP contribution is 2.43. The Hall–Kier alpha value is -1.24. The quantitative estimate of drug-likeness (QED) is 0.482. The van der Waals surface area contributed by atoms with Crippen molar-refractivity contribution < 1.29 is 4.92 Å². The third kappa shape index (κ3) is 2.38. The Balaban J connectivity index is 2.28. The molecule has 0 spiro atoms. The number of hydrogen-bond acceptors (Lipinski definition) is 4. The van der Waals surface area contributed by atoms with Gasteiger partial charge in [-0.1, -0.05) is 22.4 Å². The number of hydrogen-bond donors (Lipinski definition) is 0. The molecule has 0 bridgehead atoms. The van der Waals surface area contributed by atoms with Crippen LogP contribution in [0.2, 0.25) is 0 Å². The summed E-state index contributed by atoms with van der Waals surface area (Å²) in [6.07, 6.45) is 5.49. The van der Waals surface area contributed by atoms with E-state index in [2.05, 4.69) is 20.9 Å². The number of alkyl halides is 1. The van der Waals surface area contributed by atoms with E-state index in [0.29, 0.717) is 6.54 Å². The van der Waals surface area contributed by atoms with Crippen LogP contribution in [0, 0.1) is 15.5 Å². The van der Waals surface area contributed by atoms with Crippen molar-refractivity contribution in [3.63, 3.8) is 0 Å². The van der Waals surface area contributed by atoms with E-state index in [9.17, 15) is 14.9 Å². The van der Waals surface area contributed by atoms with Crippen LogP contribution >= 0.6 is 15.9 Å². The van der Waals surface area contributed by atoms with E-state index in [1.54, 1.807) is 0 Å². The van der Waals surface area contributed by atoms with Crippen molar-refractivity contribution >= 4 is 21.6 Å². The molecule has 92 valence electrons. The highest BCUT2D eigenvalue weighted by Gasteiger charge is 2.36. The molecule has 1 aromatic heterocycles. The summed E-state index contributed by atoms with van der Waals surface area (Å²) in [5.74, 6) is 0. The second kappa shape index (κ2) is 4.56. The number of halogens is 1. The molecular formula is C10H12BrN3O3. The smallest absolute Gasteiger partial charge is 0.292 e. The molecule has 1 aliphatic rings. The third-order valence-corrected chi connectivity index (χ3v) is 4.44. The molecule has 6 nitrogen and oxygen atoms in total. The summed E-state index contributed by atoms with van der Waals surface area (Å²) in [7, 11) is 0. The number of aromatic nitrogens is 2. The Labute approximate surface area is 106 Å². The summed E-state index contributed by atoms with van der Waals surface area (Å²) in [6.45, 7) is 0.492. The van der Waals surface area contributed by atoms with E-state index >= 15 is 0 Å². The second-order valence-corrected chi connectivity index (χ2v) is 5.03. The van der Waals surface area contributed by atoms with Crippen LogP contribution in [0.5, 0.6) is 0 Å². The van der Waals surface area contributed by atoms with Crippen molar-refractivity contribution in [3.8, 4) is 0 Å². The van der Waals surface area contributed by atoms with Crippen molar-refractivity contribution in [1.29, 1.82) is 0 Å². The van der Waals surface area contributed by atoms with Crippen molar-refractivity contribution in [1.82, 2.24) is 9.55 Å². The lowest BCUT2D eigenvalue weighted by atomic mass is 9.70. The van der Waals surface area contributed by atoms with Crippen molar-refractivity contribution in [2.45, 2.75) is 25.8 Å². The molecule has 0 aromatic carbocycles. The summed E-state index contributed by atoms with van der Waals surface area (Å²) >= 11 is 3.44. The minimum Gasteiger partial charge on any atom is -0.292 e. The fraction of sp³-hybridized carbons (Fsp3) is 0.600. The van der Waals surface area contributed by atoms with Crippen LogP contribution in [0.4, 0.5) is 5.69 Å². The van der Waals surface area contributed by atoms with Gasteiger partial charge in [-0.25, -0.2) is 4.79 Å². The monoisotopic (exact) mass is 301 g/mol. The Morgan fingerprint density at radius 2 is 2.29 bits per heavy atom. The first-order valence-corrected chi connectivity index (χ1v) is 6.45. The first kappa shape index (κ1) is 12.2. The molecule has 1 heterocycles. The summed E-state index contributed by atoms with van der Waals surface area (Å²) in [6, 6.07) is 0. The van der Waals surface area contributed by atoms with Crippen LogP contribution in [-0.2, 0) is 6.54 Å². The molecule has 0 unspecified atom stereocenters. The molecule has 7 heteroatoms.